The number of primary amides is 1. The molecule has 0 radical (unpaired) electrons. The molecule has 29 heavy (non-hydrogen) atoms. The Morgan fingerprint density at radius 1 is 1.14 bits per heavy atom. The number of anilines is 2. The molecular formula is C21H24N4O4. The maximum absolute atomic E-state index is 12.9. The lowest BCUT2D eigenvalue weighted by Gasteiger charge is -2.24. The minimum atomic E-state index is -0.805. The van der Waals surface area contributed by atoms with Crippen LogP contribution in [0.3, 0.4) is 0 Å². The van der Waals surface area contributed by atoms with Gasteiger partial charge < -0.3 is 26.4 Å². The molecule has 8 heteroatoms. The van der Waals surface area contributed by atoms with Crippen LogP contribution < -0.4 is 16.8 Å². The van der Waals surface area contributed by atoms with Crippen molar-refractivity contribution in [3.63, 3.8) is 0 Å². The van der Waals surface area contributed by atoms with Crippen LogP contribution in [0.2, 0.25) is 0 Å². The molecule has 1 atom stereocenters. The van der Waals surface area contributed by atoms with Gasteiger partial charge in [0.05, 0.1) is 22.4 Å². The molecule has 0 aromatic heterocycles. The van der Waals surface area contributed by atoms with Crippen LogP contribution in [0.4, 0.5) is 16.2 Å². The molecule has 152 valence electrons. The van der Waals surface area contributed by atoms with E-state index in [1.54, 1.807) is 19.1 Å². The van der Waals surface area contributed by atoms with Gasteiger partial charge in [-0.3, -0.25) is 9.59 Å². The predicted molar refractivity (Wildman–Crippen MR) is 109 cm³/mol. The Morgan fingerprint density at radius 2 is 1.86 bits per heavy atom. The van der Waals surface area contributed by atoms with Gasteiger partial charge in [0.2, 0.25) is 5.91 Å². The van der Waals surface area contributed by atoms with Crippen molar-refractivity contribution < 1.29 is 19.1 Å². The molecular weight excluding hydrogens is 372 g/mol. The highest BCUT2D eigenvalue weighted by molar-refractivity contribution is 6.04. The summed E-state index contributed by atoms with van der Waals surface area (Å²) < 4.78 is 5.35. The standard InChI is InChI=1S/C21H24N4O4/c1-21(19(27)24-16-9-5-8-15(17(16)22)18(23)26)10-11-25(13-21)20(28)29-12-14-6-3-2-4-7-14/h2-9H,10-13,22H2,1H3,(H2,23,26)(H,24,27). The van der Waals surface area contributed by atoms with E-state index in [9.17, 15) is 14.4 Å². The summed E-state index contributed by atoms with van der Waals surface area (Å²) >= 11 is 0. The molecule has 0 spiro atoms. The minimum Gasteiger partial charge on any atom is -0.445 e. The molecule has 1 saturated heterocycles. The van der Waals surface area contributed by atoms with E-state index in [1.165, 1.54) is 11.0 Å². The Bertz CT molecular complexity index is 932. The van der Waals surface area contributed by atoms with E-state index >= 15 is 0 Å². The number of carbonyl (C=O) groups is 3. The summed E-state index contributed by atoms with van der Waals surface area (Å²) in [6.45, 7) is 2.59. The zero-order valence-corrected chi connectivity index (χ0v) is 16.2. The number of nitrogens with zero attached hydrogens (tertiary/aromatic N) is 1. The lowest BCUT2D eigenvalue weighted by Crippen LogP contribution is -2.38. The molecule has 1 aliphatic heterocycles. The second kappa shape index (κ2) is 8.22. The summed E-state index contributed by atoms with van der Waals surface area (Å²) in [7, 11) is 0. The van der Waals surface area contributed by atoms with Gasteiger partial charge in [-0.2, -0.15) is 0 Å². The van der Waals surface area contributed by atoms with Crippen molar-refractivity contribution in [2.24, 2.45) is 11.1 Å². The van der Waals surface area contributed by atoms with Gasteiger partial charge in [0, 0.05) is 13.1 Å². The van der Waals surface area contributed by atoms with Crippen LogP contribution in [0.1, 0.15) is 29.3 Å². The molecule has 1 aliphatic rings. The van der Waals surface area contributed by atoms with Crippen LogP contribution in [0.15, 0.2) is 48.5 Å². The number of nitrogen functional groups attached to an aromatic ring is 1. The van der Waals surface area contributed by atoms with Gasteiger partial charge in [-0.1, -0.05) is 36.4 Å². The summed E-state index contributed by atoms with van der Waals surface area (Å²) in [6, 6.07) is 14.1. The van der Waals surface area contributed by atoms with E-state index in [1.807, 2.05) is 30.3 Å². The van der Waals surface area contributed by atoms with Crippen LogP contribution in [-0.2, 0) is 16.1 Å². The minimum absolute atomic E-state index is 0.120. The van der Waals surface area contributed by atoms with Gasteiger partial charge in [-0.15, -0.1) is 0 Å². The molecule has 2 aromatic carbocycles. The third-order valence-corrected chi connectivity index (χ3v) is 5.10. The number of hydrogen-bond acceptors (Lipinski definition) is 5. The maximum atomic E-state index is 12.9. The highest BCUT2D eigenvalue weighted by atomic mass is 16.6. The Balaban J connectivity index is 1.61. The van der Waals surface area contributed by atoms with Gasteiger partial charge in [0.1, 0.15) is 6.61 Å². The second-order valence-corrected chi connectivity index (χ2v) is 7.36. The highest BCUT2D eigenvalue weighted by Gasteiger charge is 2.42. The number of para-hydroxylation sites is 1. The molecule has 0 bridgehead atoms. The van der Waals surface area contributed by atoms with Gasteiger partial charge in [-0.05, 0) is 31.0 Å². The normalized spacial score (nSPS) is 18.3. The molecule has 1 heterocycles. The van der Waals surface area contributed by atoms with E-state index in [0.29, 0.717) is 18.7 Å². The Kier molecular flexibility index (Phi) is 5.72. The lowest BCUT2D eigenvalue weighted by atomic mass is 9.88. The van der Waals surface area contributed by atoms with Gasteiger partial charge in [0.15, 0.2) is 0 Å². The smallest absolute Gasteiger partial charge is 0.410 e. The molecule has 0 aliphatic carbocycles. The highest BCUT2D eigenvalue weighted by Crippen LogP contribution is 2.33. The fourth-order valence-corrected chi connectivity index (χ4v) is 3.28. The molecule has 1 fully saturated rings. The SMILES string of the molecule is CC1(C(=O)Nc2cccc(C(N)=O)c2N)CCN(C(=O)OCc2ccccc2)C1. The molecule has 0 saturated carbocycles. The van der Waals surface area contributed by atoms with Crippen molar-refractivity contribution in [3.05, 3.63) is 59.7 Å². The fraction of sp³-hybridized carbons (Fsp3) is 0.286. The number of ether oxygens (including phenoxy) is 1. The number of likely N-dealkylation sites (tertiary alicyclic amines) is 1. The van der Waals surface area contributed by atoms with Crippen LogP contribution in [-0.4, -0.2) is 35.9 Å². The first-order chi connectivity index (χ1) is 13.8. The van der Waals surface area contributed by atoms with Crippen LogP contribution in [0.5, 0.6) is 0 Å². The van der Waals surface area contributed by atoms with Gasteiger partial charge >= 0.3 is 6.09 Å². The van der Waals surface area contributed by atoms with Crippen molar-refractivity contribution in [1.82, 2.24) is 4.90 Å². The molecule has 1 unspecified atom stereocenters. The average Bonchev–Trinajstić information content (AvgIpc) is 3.12. The van der Waals surface area contributed by atoms with Crippen molar-refractivity contribution >= 4 is 29.3 Å². The van der Waals surface area contributed by atoms with E-state index in [0.717, 1.165) is 5.56 Å². The van der Waals surface area contributed by atoms with E-state index in [4.69, 9.17) is 16.2 Å². The largest absolute Gasteiger partial charge is 0.445 e. The van der Waals surface area contributed by atoms with E-state index in [2.05, 4.69) is 5.32 Å². The van der Waals surface area contributed by atoms with Crippen LogP contribution in [0, 0.1) is 5.41 Å². The molecule has 3 rings (SSSR count). The first-order valence-electron chi connectivity index (χ1n) is 9.25. The summed E-state index contributed by atoms with van der Waals surface area (Å²) in [6.07, 6.45) is 0.0231. The summed E-state index contributed by atoms with van der Waals surface area (Å²) in [5.74, 6) is -0.956. The van der Waals surface area contributed by atoms with E-state index in [-0.39, 0.29) is 30.3 Å². The first kappa shape index (κ1) is 20.2. The number of carbonyl (C=O) groups excluding carboxylic acids is 3. The molecule has 8 nitrogen and oxygen atoms in total. The third kappa shape index (κ3) is 4.48. The van der Waals surface area contributed by atoms with Crippen molar-refractivity contribution in [2.75, 3.05) is 24.1 Å². The molecule has 2 aromatic rings. The zero-order chi connectivity index (χ0) is 21.0. The number of amides is 3. The number of nitrogens with one attached hydrogen (secondary N) is 1. The first-order valence-corrected chi connectivity index (χ1v) is 9.25. The van der Waals surface area contributed by atoms with Gasteiger partial charge in [0.25, 0.3) is 5.91 Å². The number of benzene rings is 2. The topological polar surface area (TPSA) is 128 Å². The van der Waals surface area contributed by atoms with Crippen molar-refractivity contribution in [1.29, 1.82) is 0 Å². The summed E-state index contributed by atoms with van der Waals surface area (Å²) in [4.78, 5) is 38.2. The summed E-state index contributed by atoms with van der Waals surface area (Å²) in [5, 5.41) is 2.75. The zero-order valence-electron chi connectivity index (χ0n) is 16.2. The van der Waals surface area contributed by atoms with Crippen LogP contribution in [0.25, 0.3) is 0 Å². The van der Waals surface area contributed by atoms with Gasteiger partial charge in [-0.25, -0.2) is 4.79 Å². The lowest BCUT2D eigenvalue weighted by molar-refractivity contribution is -0.124. The molecule has 5 N–H and O–H groups in total. The second-order valence-electron chi connectivity index (χ2n) is 7.36. The Labute approximate surface area is 168 Å². The third-order valence-electron chi connectivity index (χ3n) is 5.10. The predicted octanol–water partition coefficient (Wildman–Crippen LogP) is 2.35. The summed E-state index contributed by atoms with van der Waals surface area (Å²) in [5.41, 5.74) is 11.9. The maximum Gasteiger partial charge on any atom is 0.410 e. The number of rotatable bonds is 5. The average molecular weight is 396 g/mol. The van der Waals surface area contributed by atoms with Crippen molar-refractivity contribution in [3.8, 4) is 0 Å². The Morgan fingerprint density at radius 3 is 2.55 bits per heavy atom. The molecule has 3 amide bonds. The fourth-order valence-electron chi connectivity index (χ4n) is 3.28. The van der Waals surface area contributed by atoms with E-state index < -0.39 is 17.4 Å². The van der Waals surface area contributed by atoms with Crippen LogP contribution >= 0.6 is 0 Å². The Hall–Kier alpha value is -3.55. The quantitative estimate of drug-likeness (QED) is 0.669. The monoisotopic (exact) mass is 396 g/mol. The number of hydrogen-bond donors (Lipinski definition) is 3. The van der Waals surface area contributed by atoms with Crippen molar-refractivity contribution in [2.45, 2.75) is 20.0 Å². The number of nitrogens with two attached hydrogens (primary N) is 2.